The zero-order chi connectivity index (χ0) is 14.0. The molecular formula is C11H15ClN4O2S. The lowest BCUT2D eigenvalue weighted by atomic mass is 10.4. The Hall–Kier alpha value is -1.31. The minimum Gasteiger partial charge on any atom is -0.363 e. The molecule has 6 nitrogen and oxygen atoms in total. The number of hydrogen-bond acceptors (Lipinski definition) is 3. The van der Waals surface area contributed by atoms with E-state index in [-0.39, 0.29) is 17.3 Å². The van der Waals surface area contributed by atoms with Gasteiger partial charge in [-0.3, -0.25) is 4.68 Å². The van der Waals surface area contributed by atoms with Gasteiger partial charge >= 0.3 is 0 Å². The van der Waals surface area contributed by atoms with Gasteiger partial charge in [0.25, 0.3) is 0 Å². The maximum Gasteiger partial charge on any atom is 0.244 e. The van der Waals surface area contributed by atoms with Crippen LogP contribution in [-0.2, 0) is 29.5 Å². The summed E-state index contributed by atoms with van der Waals surface area (Å²) in [6.45, 7) is 0.275. The highest BCUT2D eigenvalue weighted by Gasteiger charge is 2.22. The van der Waals surface area contributed by atoms with Crippen LogP contribution in [0.15, 0.2) is 29.6 Å². The molecule has 0 aromatic carbocycles. The largest absolute Gasteiger partial charge is 0.363 e. The van der Waals surface area contributed by atoms with Crippen LogP contribution in [0.3, 0.4) is 0 Å². The normalized spacial score (nSPS) is 12.2. The Kier molecular flexibility index (Phi) is 3.98. The van der Waals surface area contributed by atoms with Crippen molar-refractivity contribution in [3.63, 3.8) is 0 Å². The van der Waals surface area contributed by atoms with E-state index in [9.17, 15) is 8.42 Å². The van der Waals surface area contributed by atoms with Crippen molar-refractivity contribution >= 4 is 21.6 Å². The van der Waals surface area contributed by atoms with Gasteiger partial charge < -0.3 is 4.98 Å². The third-order valence-electron chi connectivity index (χ3n) is 2.73. The van der Waals surface area contributed by atoms with Crippen molar-refractivity contribution in [3.8, 4) is 0 Å². The number of nitrogens with zero attached hydrogens (tertiary/aromatic N) is 3. The standard InChI is InChI=1S/C11H15ClN4O2S/c1-15-7-9(5-14-15)8-16(2)19(17,18)11-3-10(4-12)13-6-11/h3,5-7,13H,4,8H2,1-2H3. The Balaban J connectivity index is 2.19. The second kappa shape index (κ2) is 5.36. The Labute approximate surface area is 117 Å². The lowest BCUT2D eigenvalue weighted by molar-refractivity contribution is 0.466. The number of rotatable bonds is 5. The second-order valence-corrected chi connectivity index (χ2v) is 6.59. The van der Waals surface area contributed by atoms with Gasteiger partial charge in [0.2, 0.25) is 10.0 Å². The number of aryl methyl sites for hydroxylation is 1. The Morgan fingerprint density at radius 1 is 1.53 bits per heavy atom. The lowest BCUT2D eigenvalue weighted by Gasteiger charge is -2.14. The first-order chi connectivity index (χ1) is 8.93. The second-order valence-electron chi connectivity index (χ2n) is 4.28. The molecule has 0 saturated heterocycles. The fourth-order valence-corrected chi connectivity index (χ4v) is 3.05. The van der Waals surface area contributed by atoms with Gasteiger partial charge in [-0.15, -0.1) is 11.6 Å². The van der Waals surface area contributed by atoms with Gasteiger partial charge in [0.15, 0.2) is 0 Å². The van der Waals surface area contributed by atoms with Gasteiger partial charge in [0, 0.05) is 44.3 Å². The SMILES string of the molecule is CN(Cc1cnn(C)c1)S(=O)(=O)c1c[nH]c(CCl)c1. The Bertz CT molecular complexity index is 662. The molecule has 0 aliphatic carbocycles. The van der Waals surface area contributed by atoms with Crippen molar-refractivity contribution in [2.45, 2.75) is 17.3 Å². The molecule has 0 saturated carbocycles. The van der Waals surface area contributed by atoms with Crippen molar-refractivity contribution in [2.24, 2.45) is 7.05 Å². The van der Waals surface area contributed by atoms with E-state index in [1.165, 1.54) is 17.5 Å². The highest BCUT2D eigenvalue weighted by molar-refractivity contribution is 7.89. The Morgan fingerprint density at radius 3 is 2.79 bits per heavy atom. The van der Waals surface area contributed by atoms with E-state index in [0.717, 1.165) is 5.56 Å². The molecule has 0 aliphatic rings. The molecule has 2 aromatic rings. The number of aromatic nitrogens is 3. The first-order valence-corrected chi connectivity index (χ1v) is 7.58. The van der Waals surface area contributed by atoms with E-state index in [0.29, 0.717) is 5.69 Å². The van der Waals surface area contributed by atoms with Crippen LogP contribution in [0.25, 0.3) is 0 Å². The summed E-state index contributed by atoms with van der Waals surface area (Å²) >= 11 is 5.65. The summed E-state index contributed by atoms with van der Waals surface area (Å²) in [4.78, 5) is 3.05. The van der Waals surface area contributed by atoms with Crippen LogP contribution in [0, 0.1) is 0 Å². The van der Waals surface area contributed by atoms with Crippen molar-refractivity contribution < 1.29 is 8.42 Å². The maximum atomic E-state index is 12.3. The molecule has 1 N–H and O–H groups in total. The number of H-pyrrole nitrogens is 1. The predicted molar refractivity (Wildman–Crippen MR) is 72.2 cm³/mol. The summed E-state index contributed by atoms with van der Waals surface area (Å²) in [7, 11) is -0.185. The minimum atomic E-state index is -3.51. The number of nitrogens with one attached hydrogen (secondary N) is 1. The Morgan fingerprint density at radius 2 is 2.26 bits per heavy atom. The molecule has 0 spiro atoms. The van der Waals surface area contributed by atoms with Crippen LogP contribution in [0.5, 0.6) is 0 Å². The van der Waals surface area contributed by atoms with Gasteiger partial charge in [-0.1, -0.05) is 0 Å². The predicted octanol–water partition coefficient (Wildman–Crippen LogP) is 1.31. The highest BCUT2D eigenvalue weighted by atomic mass is 35.5. The summed E-state index contributed by atoms with van der Waals surface area (Å²) in [5, 5.41) is 4.01. The zero-order valence-electron chi connectivity index (χ0n) is 10.7. The zero-order valence-corrected chi connectivity index (χ0v) is 12.2. The molecule has 8 heteroatoms. The number of hydrogen-bond donors (Lipinski definition) is 1. The number of alkyl halides is 1. The summed E-state index contributed by atoms with van der Waals surface area (Å²) in [6, 6.07) is 1.54. The topological polar surface area (TPSA) is 71.0 Å². The smallest absolute Gasteiger partial charge is 0.244 e. The van der Waals surface area contributed by atoms with Gasteiger partial charge in [-0.05, 0) is 6.07 Å². The fourth-order valence-electron chi connectivity index (χ4n) is 1.72. The van der Waals surface area contributed by atoms with Crippen molar-refractivity contribution in [2.75, 3.05) is 7.05 Å². The summed E-state index contributed by atoms with van der Waals surface area (Å²) in [5.74, 6) is 0.252. The van der Waals surface area contributed by atoms with Crippen LogP contribution in [0.4, 0.5) is 0 Å². The number of sulfonamides is 1. The average molecular weight is 303 g/mol. The molecule has 104 valence electrons. The maximum absolute atomic E-state index is 12.3. The molecule has 0 unspecified atom stereocenters. The van der Waals surface area contributed by atoms with E-state index in [4.69, 9.17) is 11.6 Å². The van der Waals surface area contributed by atoms with Crippen LogP contribution in [-0.4, -0.2) is 34.5 Å². The molecule has 0 radical (unpaired) electrons. The van der Waals surface area contributed by atoms with Gasteiger partial charge in [0.1, 0.15) is 0 Å². The van der Waals surface area contributed by atoms with Gasteiger partial charge in [-0.25, -0.2) is 8.42 Å². The van der Waals surface area contributed by atoms with Gasteiger partial charge in [-0.2, -0.15) is 9.40 Å². The fraction of sp³-hybridized carbons (Fsp3) is 0.364. The first kappa shape index (κ1) is 14.1. The van der Waals surface area contributed by atoms with E-state index < -0.39 is 10.0 Å². The molecular weight excluding hydrogens is 288 g/mol. The van der Waals surface area contributed by atoms with E-state index in [2.05, 4.69) is 10.1 Å². The molecule has 2 aromatic heterocycles. The molecule has 2 heterocycles. The molecule has 19 heavy (non-hydrogen) atoms. The van der Waals surface area contributed by atoms with Gasteiger partial charge in [0.05, 0.1) is 17.0 Å². The summed E-state index contributed by atoms with van der Waals surface area (Å²) < 4.78 is 27.5. The van der Waals surface area contributed by atoms with Crippen LogP contribution in [0.1, 0.15) is 11.3 Å². The average Bonchev–Trinajstić information content (AvgIpc) is 2.98. The molecule has 0 aliphatic heterocycles. The molecule has 0 atom stereocenters. The van der Waals surface area contributed by atoms with E-state index >= 15 is 0 Å². The third kappa shape index (κ3) is 2.99. The number of aromatic amines is 1. The van der Waals surface area contributed by atoms with Crippen molar-refractivity contribution in [1.82, 2.24) is 19.1 Å². The minimum absolute atomic E-state index is 0.217. The summed E-state index contributed by atoms with van der Waals surface area (Å²) in [5.41, 5.74) is 1.51. The third-order valence-corrected chi connectivity index (χ3v) is 4.80. The quantitative estimate of drug-likeness (QED) is 0.847. The first-order valence-electron chi connectivity index (χ1n) is 5.60. The van der Waals surface area contributed by atoms with Crippen molar-refractivity contribution in [3.05, 3.63) is 35.9 Å². The van der Waals surface area contributed by atoms with Crippen LogP contribution < -0.4 is 0 Å². The summed E-state index contributed by atoms with van der Waals surface area (Å²) in [6.07, 6.45) is 4.88. The lowest BCUT2D eigenvalue weighted by Crippen LogP contribution is -2.26. The van der Waals surface area contributed by atoms with Crippen molar-refractivity contribution in [1.29, 1.82) is 0 Å². The molecule has 0 bridgehead atoms. The highest BCUT2D eigenvalue weighted by Crippen LogP contribution is 2.18. The monoisotopic (exact) mass is 302 g/mol. The van der Waals surface area contributed by atoms with Crippen LogP contribution >= 0.6 is 11.6 Å². The van der Waals surface area contributed by atoms with E-state index in [1.807, 2.05) is 0 Å². The number of halogens is 1. The van der Waals surface area contributed by atoms with Crippen LogP contribution in [0.2, 0.25) is 0 Å². The molecule has 0 fully saturated rings. The molecule has 2 rings (SSSR count). The van der Waals surface area contributed by atoms with E-state index in [1.54, 1.807) is 30.2 Å². The molecule has 0 amide bonds.